The molecule has 0 spiro atoms. The van der Waals surface area contributed by atoms with E-state index in [1.165, 1.54) is 11.3 Å². The van der Waals surface area contributed by atoms with Gasteiger partial charge in [-0.15, -0.1) is 5.10 Å². The molecule has 17 heavy (non-hydrogen) atoms. The Morgan fingerprint density at radius 3 is 2.53 bits per heavy atom. The predicted octanol–water partition coefficient (Wildman–Crippen LogP) is 0.828. The van der Waals surface area contributed by atoms with Crippen LogP contribution in [0.1, 0.15) is 25.8 Å². The molecule has 2 rings (SSSR count). The monoisotopic (exact) mass is 257 g/mol. The third-order valence-corrected chi connectivity index (χ3v) is 4.33. The first-order valence-electron chi connectivity index (χ1n) is 5.61. The Hall–Kier alpha value is -0.600. The third-order valence-electron chi connectivity index (χ3n) is 2.87. The van der Waals surface area contributed by atoms with Gasteiger partial charge in [0.25, 0.3) is 0 Å². The van der Waals surface area contributed by atoms with Crippen molar-refractivity contribution < 1.29 is 0 Å². The van der Waals surface area contributed by atoms with Crippen molar-refractivity contribution in [3.05, 3.63) is 10.2 Å². The topological polar surface area (TPSA) is 78.1 Å². The van der Waals surface area contributed by atoms with Gasteiger partial charge in [0.2, 0.25) is 0 Å². The molecule has 0 aromatic carbocycles. The third kappa shape index (κ3) is 2.21. The quantitative estimate of drug-likeness (QED) is 0.595. The lowest BCUT2D eigenvalue weighted by Gasteiger charge is -2.37. The van der Waals surface area contributed by atoms with E-state index in [2.05, 4.69) is 31.0 Å². The van der Waals surface area contributed by atoms with Crippen LogP contribution in [-0.2, 0) is 5.41 Å². The zero-order chi connectivity index (χ0) is 12.8. The van der Waals surface area contributed by atoms with Crippen LogP contribution in [0, 0.1) is 5.21 Å². The molecule has 0 amide bonds. The summed E-state index contributed by atoms with van der Waals surface area (Å²) in [6.07, 6.45) is -0.472. The minimum Gasteiger partial charge on any atom is -0.623 e. The first-order chi connectivity index (χ1) is 7.73. The van der Waals surface area contributed by atoms with Crippen LogP contribution in [-0.4, -0.2) is 41.5 Å². The molecular weight excluding hydrogens is 238 g/mol. The highest BCUT2D eigenvalue weighted by Crippen LogP contribution is 2.35. The first-order valence-corrected chi connectivity index (χ1v) is 6.42. The van der Waals surface area contributed by atoms with E-state index in [0.29, 0.717) is 18.3 Å². The summed E-state index contributed by atoms with van der Waals surface area (Å²) in [5.41, 5.74) is 5.83. The Bertz CT molecular complexity index is 415. The van der Waals surface area contributed by atoms with Crippen molar-refractivity contribution in [3.8, 4) is 0 Å². The standard InChI is InChI=1S/C10H19N5OS/c1-10(2,3)8-12-13-9(17-8)15(16)6-14(4)5-7(15)11/h7H,5-6,11H2,1-4H3. The van der Waals surface area contributed by atoms with Crippen LogP contribution in [0.2, 0.25) is 0 Å². The number of hydrogen-bond donors (Lipinski definition) is 1. The Morgan fingerprint density at radius 2 is 2.12 bits per heavy atom. The van der Waals surface area contributed by atoms with Gasteiger partial charge in [-0.1, -0.05) is 25.9 Å². The molecule has 2 unspecified atom stereocenters. The second kappa shape index (κ2) is 3.96. The average Bonchev–Trinajstić information content (AvgIpc) is 2.72. The van der Waals surface area contributed by atoms with Crippen molar-refractivity contribution in [1.82, 2.24) is 19.7 Å². The summed E-state index contributed by atoms with van der Waals surface area (Å²) in [6.45, 7) is 7.11. The van der Waals surface area contributed by atoms with Crippen molar-refractivity contribution in [3.63, 3.8) is 0 Å². The Morgan fingerprint density at radius 1 is 1.47 bits per heavy atom. The van der Waals surface area contributed by atoms with Crippen molar-refractivity contribution in [2.45, 2.75) is 32.4 Å². The van der Waals surface area contributed by atoms with Gasteiger partial charge < -0.3 is 5.21 Å². The van der Waals surface area contributed by atoms with Gasteiger partial charge in [-0.2, -0.15) is 0 Å². The lowest BCUT2D eigenvalue weighted by molar-refractivity contribution is 0.315. The van der Waals surface area contributed by atoms with Gasteiger partial charge in [0.05, 0.1) is 6.54 Å². The molecule has 2 atom stereocenters. The number of quaternary nitrogens is 1. The number of hydroxylamine groups is 2. The largest absolute Gasteiger partial charge is 0.623 e. The summed E-state index contributed by atoms with van der Waals surface area (Å²) in [5, 5.41) is 22.2. The SMILES string of the molecule is CN1CC(N)[N+]([O-])(c2nnc(C(C)(C)C)s2)C1. The molecule has 0 radical (unpaired) electrons. The molecular formula is C10H19N5OS. The lowest BCUT2D eigenvalue weighted by Crippen LogP contribution is -2.53. The van der Waals surface area contributed by atoms with E-state index < -0.39 is 10.8 Å². The fourth-order valence-corrected chi connectivity index (χ4v) is 2.84. The highest BCUT2D eigenvalue weighted by molar-refractivity contribution is 7.15. The molecule has 6 nitrogen and oxygen atoms in total. The second-order valence-electron chi connectivity index (χ2n) is 5.68. The van der Waals surface area contributed by atoms with E-state index in [1.54, 1.807) is 0 Å². The minimum absolute atomic E-state index is 0.0786. The van der Waals surface area contributed by atoms with E-state index in [9.17, 15) is 5.21 Å². The smallest absolute Gasteiger partial charge is 0.309 e. The zero-order valence-electron chi connectivity index (χ0n) is 10.7. The molecule has 1 aromatic rings. The van der Waals surface area contributed by atoms with Crippen molar-refractivity contribution in [1.29, 1.82) is 0 Å². The van der Waals surface area contributed by atoms with Gasteiger partial charge in [-0.05, 0) is 18.4 Å². The Kier molecular flexibility index (Phi) is 2.99. The molecule has 1 saturated heterocycles. The summed E-state index contributed by atoms with van der Waals surface area (Å²) in [6, 6.07) is 0. The molecule has 0 saturated carbocycles. The maximum Gasteiger partial charge on any atom is 0.309 e. The molecule has 0 bridgehead atoms. The average molecular weight is 257 g/mol. The number of aromatic nitrogens is 2. The summed E-state index contributed by atoms with van der Waals surface area (Å²) < 4.78 is -0.579. The van der Waals surface area contributed by atoms with Gasteiger partial charge in [0, 0.05) is 5.41 Å². The molecule has 2 heterocycles. The molecule has 7 heteroatoms. The van der Waals surface area contributed by atoms with Crippen LogP contribution < -0.4 is 10.4 Å². The van der Waals surface area contributed by atoms with Crippen LogP contribution in [0.3, 0.4) is 0 Å². The van der Waals surface area contributed by atoms with E-state index >= 15 is 0 Å². The van der Waals surface area contributed by atoms with Crippen LogP contribution >= 0.6 is 11.3 Å². The maximum absolute atomic E-state index is 12.7. The number of hydrogen-bond acceptors (Lipinski definition) is 6. The zero-order valence-corrected chi connectivity index (χ0v) is 11.5. The summed E-state index contributed by atoms with van der Waals surface area (Å²) >= 11 is 1.37. The number of rotatable bonds is 1. The van der Waals surface area contributed by atoms with Crippen LogP contribution in [0.5, 0.6) is 0 Å². The van der Waals surface area contributed by atoms with E-state index in [1.807, 2.05) is 11.9 Å². The van der Waals surface area contributed by atoms with E-state index in [-0.39, 0.29) is 5.41 Å². The van der Waals surface area contributed by atoms with E-state index in [4.69, 9.17) is 5.73 Å². The highest BCUT2D eigenvalue weighted by Gasteiger charge is 2.40. The van der Waals surface area contributed by atoms with Crippen molar-refractivity contribution in [2.75, 3.05) is 20.3 Å². The van der Waals surface area contributed by atoms with E-state index in [0.717, 1.165) is 5.01 Å². The second-order valence-corrected chi connectivity index (χ2v) is 6.64. The maximum atomic E-state index is 12.7. The van der Waals surface area contributed by atoms with Crippen molar-refractivity contribution in [2.24, 2.45) is 5.73 Å². The number of nitrogens with two attached hydrogens (primary N) is 1. The molecule has 96 valence electrons. The Balaban J connectivity index is 2.32. The first kappa shape index (κ1) is 12.8. The van der Waals surface area contributed by atoms with Gasteiger partial charge in [-0.25, -0.2) is 0 Å². The molecule has 1 aliphatic heterocycles. The fraction of sp³-hybridized carbons (Fsp3) is 0.800. The van der Waals surface area contributed by atoms with Crippen LogP contribution in [0.4, 0.5) is 5.13 Å². The Labute approximate surface area is 105 Å². The highest BCUT2D eigenvalue weighted by atomic mass is 32.1. The summed E-state index contributed by atoms with van der Waals surface area (Å²) in [4.78, 5) is 1.93. The minimum atomic E-state index is -0.579. The van der Waals surface area contributed by atoms with Crippen LogP contribution in [0.25, 0.3) is 0 Å². The molecule has 2 N–H and O–H groups in total. The van der Waals surface area contributed by atoms with Crippen molar-refractivity contribution >= 4 is 16.5 Å². The van der Waals surface area contributed by atoms with Gasteiger partial charge in [0.1, 0.15) is 11.7 Å². The molecule has 1 aliphatic rings. The normalized spacial score (nSPS) is 31.1. The molecule has 0 aliphatic carbocycles. The lowest BCUT2D eigenvalue weighted by atomic mass is 9.98. The van der Waals surface area contributed by atoms with Crippen LogP contribution in [0.15, 0.2) is 0 Å². The number of likely N-dealkylation sites (N-methyl/N-ethyl adjacent to an activating group) is 1. The summed E-state index contributed by atoms with van der Waals surface area (Å²) in [5.74, 6) is 0. The fourth-order valence-electron chi connectivity index (χ4n) is 1.85. The van der Waals surface area contributed by atoms with Gasteiger partial charge >= 0.3 is 5.13 Å². The molecule has 1 aromatic heterocycles. The van der Waals surface area contributed by atoms with Gasteiger partial charge in [-0.3, -0.25) is 15.3 Å². The summed E-state index contributed by atoms with van der Waals surface area (Å²) in [7, 11) is 1.89. The van der Waals surface area contributed by atoms with Gasteiger partial charge in [0.15, 0.2) is 6.17 Å². The molecule has 1 fully saturated rings. The predicted molar refractivity (Wildman–Crippen MR) is 69.2 cm³/mol. The number of nitrogens with zero attached hydrogens (tertiary/aromatic N) is 4.